The molecule has 0 aliphatic carbocycles. The molecule has 16 heavy (non-hydrogen) atoms. The Morgan fingerprint density at radius 2 is 2.25 bits per heavy atom. The number of nitrogens with zero attached hydrogens (tertiary/aromatic N) is 2. The fourth-order valence-corrected chi connectivity index (χ4v) is 1.98. The molecule has 0 radical (unpaired) electrons. The lowest BCUT2D eigenvalue weighted by Gasteiger charge is -2.05. The second-order valence-corrected chi connectivity index (χ2v) is 4.26. The third-order valence-electron chi connectivity index (χ3n) is 2.48. The van der Waals surface area contributed by atoms with Crippen molar-refractivity contribution in [3.63, 3.8) is 0 Å². The van der Waals surface area contributed by atoms with Crippen LogP contribution in [0, 0.1) is 11.7 Å². The van der Waals surface area contributed by atoms with Crippen molar-refractivity contribution in [2.75, 3.05) is 0 Å². The van der Waals surface area contributed by atoms with Crippen LogP contribution in [0.4, 0.5) is 0 Å². The van der Waals surface area contributed by atoms with Gasteiger partial charge in [-0.15, -0.1) is 0 Å². The zero-order chi connectivity index (χ0) is 11.5. The van der Waals surface area contributed by atoms with Crippen molar-refractivity contribution < 1.29 is 0 Å². The predicted octanol–water partition coefficient (Wildman–Crippen LogP) is 3.33. The van der Waals surface area contributed by atoms with Crippen LogP contribution in [0.2, 0.25) is 0 Å². The van der Waals surface area contributed by atoms with Crippen LogP contribution in [-0.4, -0.2) is 14.8 Å². The summed E-state index contributed by atoms with van der Waals surface area (Å²) in [5.41, 5.74) is 2.34. The molecule has 1 aromatic heterocycles. The quantitative estimate of drug-likeness (QED) is 0.825. The van der Waals surface area contributed by atoms with E-state index in [1.165, 1.54) is 5.56 Å². The number of H-pyrrole nitrogens is 1. The van der Waals surface area contributed by atoms with Gasteiger partial charge in [0.25, 0.3) is 0 Å². The molecule has 0 aliphatic heterocycles. The van der Waals surface area contributed by atoms with E-state index in [0.29, 0.717) is 4.77 Å². The van der Waals surface area contributed by atoms with Crippen molar-refractivity contribution in [1.29, 1.82) is 0 Å². The zero-order valence-corrected chi connectivity index (χ0v) is 10.3. The van der Waals surface area contributed by atoms with Crippen molar-refractivity contribution >= 4 is 12.2 Å². The first kappa shape index (κ1) is 11.1. The summed E-state index contributed by atoms with van der Waals surface area (Å²) >= 11 is 5.22. The molecule has 4 heteroatoms. The molecular formula is C12H15N3S. The van der Waals surface area contributed by atoms with E-state index < -0.39 is 0 Å². The Bertz CT molecular complexity index is 539. The molecule has 0 amide bonds. The van der Waals surface area contributed by atoms with E-state index in [9.17, 15) is 0 Å². The third kappa shape index (κ3) is 2.07. The van der Waals surface area contributed by atoms with Crippen LogP contribution < -0.4 is 0 Å². The number of hydrogen-bond acceptors (Lipinski definition) is 2. The lowest BCUT2D eigenvalue weighted by Crippen LogP contribution is -1.99. The highest BCUT2D eigenvalue weighted by Crippen LogP contribution is 2.18. The van der Waals surface area contributed by atoms with E-state index >= 15 is 0 Å². The van der Waals surface area contributed by atoms with Crippen LogP contribution in [0.5, 0.6) is 0 Å². The zero-order valence-electron chi connectivity index (χ0n) is 9.53. The molecule has 0 unspecified atom stereocenters. The number of hydrogen-bond donors (Lipinski definition) is 1. The Labute approximate surface area is 100 Å². The van der Waals surface area contributed by atoms with Crippen molar-refractivity contribution in [1.82, 2.24) is 14.8 Å². The standard InChI is InChI=1S/C12H15N3S/c1-3-7-15-11(13-14-12(15)16)10-6-4-5-9(2)8-10/h4-6,8H,3,7H2,1-2H3,(H,14,16). The first-order valence-electron chi connectivity index (χ1n) is 5.44. The van der Waals surface area contributed by atoms with E-state index in [0.717, 1.165) is 24.4 Å². The number of aromatic nitrogens is 3. The van der Waals surface area contributed by atoms with Crippen molar-refractivity contribution in [3.8, 4) is 11.4 Å². The molecular weight excluding hydrogens is 218 g/mol. The molecule has 0 atom stereocenters. The number of benzene rings is 1. The minimum atomic E-state index is 0.693. The average Bonchev–Trinajstić information content (AvgIpc) is 2.61. The number of aromatic amines is 1. The largest absolute Gasteiger partial charge is 0.300 e. The normalized spacial score (nSPS) is 10.6. The van der Waals surface area contributed by atoms with Crippen LogP contribution in [0.15, 0.2) is 24.3 Å². The Kier molecular flexibility index (Phi) is 3.19. The first-order valence-corrected chi connectivity index (χ1v) is 5.85. The Morgan fingerprint density at radius 3 is 2.94 bits per heavy atom. The summed E-state index contributed by atoms with van der Waals surface area (Å²) in [6.07, 6.45) is 1.05. The highest BCUT2D eigenvalue weighted by molar-refractivity contribution is 7.71. The fraction of sp³-hybridized carbons (Fsp3) is 0.333. The van der Waals surface area contributed by atoms with E-state index in [1.807, 2.05) is 10.6 Å². The summed E-state index contributed by atoms with van der Waals surface area (Å²) in [7, 11) is 0. The van der Waals surface area contributed by atoms with E-state index in [2.05, 4.69) is 42.2 Å². The number of rotatable bonds is 3. The van der Waals surface area contributed by atoms with E-state index in [-0.39, 0.29) is 0 Å². The highest BCUT2D eigenvalue weighted by Gasteiger charge is 2.07. The lowest BCUT2D eigenvalue weighted by atomic mass is 10.1. The van der Waals surface area contributed by atoms with Crippen molar-refractivity contribution in [3.05, 3.63) is 34.6 Å². The monoisotopic (exact) mass is 233 g/mol. The third-order valence-corrected chi connectivity index (χ3v) is 2.79. The number of nitrogens with one attached hydrogen (secondary N) is 1. The maximum absolute atomic E-state index is 5.22. The molecule has 0 bridgehead atoms. The summed E-state index contributed by atoms with van der Waals surface area (Å²) < 4.78 is 2.74. The molecule has 0 fully saturated rings. The smallest absolute Gasteiger partial charge is 0.195 e. The predicted molar refractivity (Wildman–Crippen MR) is 67.9 cm³/mol. The Hall–Kier alpha value is -1.42. The summed E-state index contributed by atoms with van der Waals surface area (Å²) in [5, 5.41) is 7.15. The van der Waals surface area contributed by atoms with Gasteiger partial charge in [-0.3, -0.25) is 5.10 Å². The molecule has 0 aliphatic rings. The molecule has 1 N–H and O–H groups in total. The maximum Gasteiger partial charge on any atom is 0.195 e. The first-order chi connectivity index (χ1) is 7.72. The fourth-order valence-electron chi connectivity index (χ4n) is 1.75. The minimum Gasteiger partial charge on any atom is -0.300 e. The van der Waals surface area contributed by atoms with Crippen LogP contribution in [0.1, 0.15) is 18.9 Å². The molecule has 2 aromatic rings. The van der Waals surface area contributed by atoms with Crippen LogP contribution in [0.3, 0.4) is 0 Å². The van der Waals surface area contributed by atoms with Gasteiger partial charge in [0.15, 0.2) is 10.6 Å². The molecule has 84 valence electrons. The van der Waals surface area contributed by atoms with Gasteiger partial charge in [-0.05, 0) is 31.6 Å². The molecule has 0 saturated carbocycles. The van der Waals surface area contributed by atoms with Gasteiger partial charge < -0.3 is 4.57 Å². The van der Waals surface area contributed by atoms with Gasteiger partial charge >= 0.3 is 0 Å². The van der Waals surface area contributed by atoms with E-state index in [4.69, 9.17) is 12.2 Å². The summed E-state index contributed by atoms with van der Waals surface area (Å²) in [6, 6.07) is 8.30. The topological polar surface area (TPSA) is 33.6 Å². The van der Waals surface area contributed by atoms with Gasteiger partial charge in [0.05, 0.1) is 0 Å². The van der Waals surface area contributed by atoms with Crippen LogP contribution in [0.25, 0.3) is 11.4 Å². The molecule has 0 saturated heterocycles. The Balaban J connectivity index is 2.51. The van der Waals surface area contributed by atoms with Gasteiger partial charge in [0.1, 0.15) is 0 Å². The number of aryl methyl sites for hydroxylation is 1. The SMILES string of the molecule is CCCn1c(-c2cccc(C)c2)n[nH]c1=S. The van der Waals surface area contributed by atoms with Crippen LogP contribution >= 0.6 is 12.2 Å². The lowest BCUT2D eigenvalue weighted by molar-refractivity contribution is 0.675. The Morgan fingerprint density at radius 1 is 1.44 bits per heavy atom. The summed E-state index contributed by atoms with van der Waals surface area (Å²) in [6.45, 7) is 5.11. The van der Waals surface area contributed by atoms with Gasteiger partial charge in [0.2, 0.25) is 0 Å². The summed E-state index contributed by atoms with van der Waals surface area (Å²) in [5.74, 6) is 0.926. The summed E-state index contributed by atoms with van der Waals surface area (Å²) in [4.78, 5) is 0. The van der Waals surface area contributed by atoms with E-state index in [1.54, 1.807) is 0 Å². The molecule has 3 nitrogen and oxygen atoms in total. The molecule has 0 spiro atoms. The van der Waals surface area contributed by atoms with Crippen molar-refractivity contribution in [2.24, 2.45) is 0 Å². The van der Waals surface area contributed by atoms with Gasteiger partial charge in [-0.1, -0.05) is 30.7 Å². The van der Waals surface area contributed by atoms with Gasteiger partial charge in [-0.2, -0.15) is 5.10 Å². The second kappa shape index (κ2) is 4.61. The van der Waals surface area contributed by atoms with Crippen molar-refractivity contribution in [2.45, 2.75) is 26.8 Å². The van der Waals surface area contributed by atoms with Crippen LogP contribution in [-0.2, 0) is 6.54 Å². The average molecular weight is 233 g/mol. The van der Waals surface area contributed by atoms with Gasteiger partial charge in [0, 0.05) is 12.1 Å². The molecule has 1 aromatic carbocycles. The molecule has 2 rings (SSSR count). The minimum absolute atomic E-state index is 0.693. The highest BCUT2D eigenvalue weighted by atomic mass is 32.1. The second-order valence-electron chi connectivity index (χ2n) is 3.87. The van der Waals surface area contributed by atoms with Gasteiger partial charge in [-0.25, -0.2) is 0 Å². The maximum atomic E-state index is 5.22. The molecule has 1 heterocycles.